The molecule has 2 heterocycles. The predicted octanol–water partition coefficient (Wildman–Crippen LogP) is 12.9. The summed E-state index contributed by atoms with van der Waals surface area (Å²) in [6.07, 6.45) is 32.9. The average molecular weight is 1090 g/mol. The molecule has 8 aliphatic rings. The normalized spacial score (nSPS) is 36.2. The fourth-order valence-corrected chi connectivity index (χ4v) is 18.3. The Morgan fingerprint density at radius 3 is 1.95 bits per heavy atom. The maximum absolute atomic E-state index is 14.4. The van der Waals surface area contributed by atoms with Crippen molar-refractivity contribution in [1.82, 2.24) is 10.2 Å². The number of rotatable bonds is 28. The number of hydrogen-bond donors (Lipinski definition) is 2. The van der Waals surface area contributed by atoms with Gasteiger partial charge in [0.25, 0.3) is 0 Å². The van der Waals surface area contributed by atoms with Crippen LogP contribution in [0.3, 0.4) is 0 Å². The second kappa shape index (κ2) is 32.0. The van der Waals surface area contributed by atoms with E-state index in [-0.39, 0.29) is 29.8 Å². The lowest BCUT2D eigenvalue weighted by Gasteiger charge is -2.50. The number of likely N-dealkylation sites (tertiary alicyclic amines) is 1. The second-order valence-corrected chi connectivity index (χ2v) is 27.9. The Labute approximate surface area is 475 Å². The second-order valence-electron chi connectivity index (χ2n) is 27.9. The maximum Gasteiger partial charge on any atom is 0.226 e. The standard InChI is InChI=1S/C67H116N2O9/c1-7-58(53-28-31-74-32-29-53)60-42-55(43-61(47(60)4)64(70)26-25-59-46(3)39-45(2)40-66(59)72)51-19-23-57(24-20-51)78-38-36-76-34-33-75-35-37-77-56-21-16-49(17-22-56)13-14-50-15-18-54-27-30-69(63(54)41-50)67(73)62(44-65(71)48(5)68-6)52-11-9-8-10-12-52/h45-64,68,70H,7-44H2,1-6H3. The molecule has 14 atom stereocenters. The van der Waals surface area contributed by atoms with Crippen LogP contribution in [0.1, 0.15) is 221 Å². The van der Waals surface area contributed by atoms with E-state index >= 15 is 0 Å². The number of nitrogens with one attached hydrogen (secondary N) is 1. The van der Waals surface area contributed by atoms with Crippen LogP contribution in [0.5, 0.6) is 0 Å². The fourth-order valence-electron chi connectivity index (χ4n) is 18.3. The summed E-state index contributed by atoms with van der Waals surface area (Å²) in [6.45, 7) is 17.6. The van der Waals surface area contributed by atoms with Crippen molar-refractivity contribution in [3.8, 4) is 0 Å². The molecule has 6 aliphatic carbocycles. The summed E-state index contributed by atoms with van der Waals surface area (Å²) < 4.78 is 30.4. The number of fused-ring (bicyclic) bond motifs is 1. The number of ether oxygens (including phenoxy) is 5. The van der Waals surface area contributed by atoms with E-state index in [2.05, 4.69) is 37.9 Å². The lowest BCUT2D eigenvalue weighted by molar-refractivity contribution is -0.142. The van der Waals surface area contributed by atoms with Crippen LogP contribution in [0.2, 0.25) is 0 Å². The van der Waals surface area contributed by atoms with Crippen LogP contribution in [-0.4, -0.2) is 124 Å². The van der Waals surface area contributed by atoms with E-state index in [4.69, 9.17) is 23.7 Å². The number of ketones is 2. The first-order valence-corrected chi connectivity index (χ1v) is 33.6. The molecule has 1 amide bonds. The molecule has 11 heteroatoms. The molecule has 2 aliphatic heterocycles. The number of aliphatic hydroxyl groups is 1. The van der Waals surface area contributed by atoms with Gasteiger partial charge in [0.2, 0.25) is 5.91 Å². The molecule has 78 heavy (non-hydrogen) atoms. The highest BCUT2D eigenvalue weighted by Gasteiger charge is 2.47. The first-order chi connectivity index (χ1) is 37.9. The minimum absolute atomic E-state index is 0.121. The zero-order valence-corrected chi connectivity index (χ0v) is 50.6. The molecule has 0 spiro atoms. The molecule has 0 aromatic rings. The molecule has 0 aromatic carbocycles. The van der Waals surface area contributed by atoms with Gasteiger partial charge in [-0.3, -0.25) is 14.4 Å². The molecule has 6 saturated carbocycles. The molecule has 2 saturated heterocycles. The lowest BCUT2D eigenvalue weighted by atomic mass is 9.56. The van der Waals surface area contributed by atoms with Crippen LogP contribution in [0.25, 0.3) is 0 Å². The van der Waals surface area contributed by atoms with E-state index < -0.39 is 0 Å². The van der Waals surface area contributed by atoms with Gasteiger partial charge in [-0.15, -0.1) is 0 Å². The summed E-state index contributed by atoms with van der Waals surface area (Å²) in [7, 11) is 1.85. The molecule has 0 bridgehead atoms. The smallest absolute Gasteiger partial charge is 0.226 e. The third kappa shape index (κ3) is 17.5. The van der Waals surface area contributed by atoms with E-state index in [1.165, 1.54) is 96.3 Å². The van der Waals surface area contributed by atoms with Crippen molar-refractivity contribution in [3.63, 3.8) is 0 Å². The predicted molar refractivity (Wildman–Crippen MR) is 311 cm³/mol. The molecule has 2 N–H and O–H groups in total. The summed E-state index contributed by atoms with van der Waals surface area (Å²) in [5, 5.41) is 15.2. The number of hydrogen-bond acceptors (Lipinski definition) is 10. The van der Waals surface area contributed by atoms with Gasteiger partial charge < -0.3 is 39.0 Å². The number of carbonyl (C=O) groups excluding carboxylic acids is 3. The Morgan fingerprint density at radius 2 is 1.29 bits per heavy atom. The third-order valence-electron chi connectivity index (χ3n) is 23.1. The topological polar surface area (TPSA) is 133 Å². The Kier molecular flexibility index (Phi) is 25.7. The van der Waals surface area contributed by atoms with Crippen LogP contribution in [-0.2, 0) is 38.1 Å². The van der Waals surface area contributed by atoms with Crippen molar-refractivity contribution in [1.29, 1.82) is 0 Å². The van der Waals surface area contributed by atoms with Crippen molar-refractivity contribution in [3.05, 3.63) is 0 Å². The Hall–Kier alpha value is -1.47. The van der Waals surface area contributed by atoms with E-state index in [9.17, 15) is 19.5 Å². The van der Waals surface area contributed by atoms with E-state index in [0.717, 1.165) is 109 Å². The molecule has 8 rings (SSSR count). The minimum Gasteiger partial charge on any atom is -0.393 e. The van der Waals surface area contributed by atoms with Gasteiger partial charge in [-0.05, 0) is 219 Å². The van der Waals surface area contributed by atoms with Gasteiger partial charge >= 0.3 is 0 Å². The molecule has 0 radical (unpaired) electrons. The summed E-state index contributed by atoms with van der Waals surface area (Å²) in [5.74, 6) is 8.55. The Balaban J connectivity index is 0.664. The molecule has 14 unspecified atom stereocenters. The number of nitrogens with zero attached hydrogens (tertiary/aromatic N) is 1. The largest absolute Gasteiger partial charge is 0.393 e. The first-order valence-electron chi connectivity index (χ1n) is 33.6. The third-order valence-corrected chi connectivity index (χ3v) is 23.1. The SMILES string of the molecule is CCC(C1CCOCC1)C1CC(C2CCC(OCCOCCOCCOC3CCC(CCC4CCC5CCN(C(=O)C(CC(=O)C(C)NC)C6CCCCC6)C5C4)CC3)CC2)CC(C(O)CCC2C(=O)CC(C)CC2C)C1C. The average Bonchev–Trinajstić information content (AvgIpc) is 3.98. The monoisotopic (exact) mass is 1090 g/mol. The van der Waals surface area contributed by atoms with E-state index in [1.807, 2.05) is 14.0 Å². The summed E-state index contributed by atoms with van der Waals surface area (Å²) in [4.78, 5) is 42.9. The van der Waals surface area contributed by atoms with Crippen LogP contribution in [0, 0.1) is 88.8 Å². The highest BCUT2D eigenvalue weighted by atomic mass is 16.6. The quantitative estimate of drug-likeness (QED) is 0.0730. The van der Waals surface area contributed by atoms with Crippen molar-refractivity contribution < 1.29 is 43.2 Å². The van der Waals surface area contributed by atoms with Gasteiger partial charge in [-0.25, -0.2) is 0 Å². The van der Waals surface area contributed by atoms with Crippen molar-refractivity contribution in [2.75, 3.05) is 66.4 Å². The number of aliphatic hydroxyl groups excluding tert-OH is 1. The van der Waals surface area contributed by atoms with E-state index in [1.54, 1.807) is 0 Å². The highest BCUT2D eigenvalue weighted by Crippen LogP contribution is 2.52. The molecule has 0 aromatic heterocycles. The van der Waals surface area contributed by atoms with Crippen molar-refractivity contribution >= 4 is 17.5 Å². The van der Waals surface area contributed by atoms with Gasteiger partial charge in [0.05, 0.1) is 64.0 Å². The van der Waals surface area contributed by atoms with Crippen molar-refractivity contribution in [2.24, 2.45) is 88.8 Å². The molecular formula is C67H116N2O9. The van der Waals surface area contributed by atoms with Gasteiger partial charge in [0.15, 0.2) is 0 Å². The maximum atomic E-state index is 14.4. The number of amides is 1. The van der Waals surface area contributed by atoms with Crippen LogP contribution >= 0.6 is 0 Å². The highest BCUT2D eigenvalue weighted by molar-refractivity contribution is 5.90. The minimum atomic E-state index is -0.326. The van der Waals surface area contributed by atoms with Gasteiger partial charge in [-0.2, -0.15) is 0 Å². The number of Topliss-reactive ketones (excluding diaryl/α,β-unsaturated/α-hetero) is 2. The molecule has 11 nitrogen and oxygen atoms in total. The number of carbonyl (C=O) groups is 3. The summed E-state index contributed by atoms with van der Waals surface area (Å²) in [6, 6.07) is 0.180. The molecular weight excluding hydrogens is 977 g/mol. The lowest BCUT2D eigenvalue weighted by Crippen LogP contribution is -2.47. The molecule has 8 fully saturated rings. The Bertz CT molecular complexity index is 1750. The van der Waals surface area contributed by atoms with Gasteiger partial charge in [0.1, 0.15) is 11.6 Å². The summed E-state index contributed by atoms with van der Waals surface area (Å²) >= 11 is 0. The van der Waals surface area contributed by atoms with Crippen LogP contribution < -0.4 is 5.32 Å². The number of likely N-dealkylation sites (N-methyl/N-ethyl adjacent to an activating group) is 1. The van der Waals surface area contributed by atoms with Gasteiger partial charge in [-0.1, -0.05) is 72.6 Å². The van der Waals surface area contributed by atoms with Crippen molar-refractivity contribution in [2.45, 2.75) is 251 Å². The summed E-state index contributed by atoms with van der Waals surface area (Å²) in [5.41, 5.74) is 0. The van der Waals surface area contributed by atoms with Crippen LogP contribution in [0.4, 0.5) is 0 Å². The van der Waals surface area contributed by atoms with Crippen LogP contribution in [0.15, 0.2) is 0 Å². The fraction of sp³-hybridized carbons (Fsp3) is 0.955. The zero-order valence-electron chi connectivity index (χ0n) is 50.6. The molecule has 448 valence electrons. The first kappa shape index (κ1) is 62.6. The Morgan fingerprint density at radius 1 is 0.679 bits per heavy atom. The van der Waals surface area contributed by atoms with Gasteiger partial charge in [0, 0.05) is 50.5 Å². The zero-order chi connectivity index (χ0) is 55.0. The van der Waals surface area contributed by atoms with E-state index in [0.29, 0.717) is 148 Å².